The van der Waals surface area contributed by atoms with E-state index in [-0.39, 0.29) is 9.88 Å². The third-order valence-electron chi connectivity index (χ3n) is 3.25. The minimum absolute atomic E-state index is 0.280. The van der Waals surface area contributed by atoms with Crippen LogP contribution in [0.15, 0.2) is 23.1 Å². The number of thiocarbonyl (C=S) groups is 1. The van der Waals surface area contributed by atoms with Gasteiger partial charge in [-0.05, 0) is 31.0 Å². The Morgan fingerprint density at radius 2 is 2.00 bits per heavy atom. The molecule has 1 rings (SSSR count). The lowest BCUT2D eigenvalue weighted by Gasteiger charge is -2.18. The second-order valence-electron chi connectivity index (χ2n) is 4.87. The molecule has 20 heavy (non-hydrogen) atoms. The van der Waals surface area contributed by atoms with E-state index in [1.54, 1.807) is 25.2 Å². The molecule has 112 valence electrons. The van der Waals surface area contributed by atoms with Gasteiger partial charge in [0.1, 0.15) is 4.99 Å². The Bertz CT molecular complexity index is 583. The molecule has 0 bridgehead atoms. The van der Waals surface area contributed by atoms with Gasteiger partial charge in [-0.15, -0.1) is 0 Å². The molecule has 0 saturated heterocycles. The lowest BCUT2D eigenvalue weighted by Crippen LogP contribution is -2.28. The molecule has 1 aromatic rings. The predicted octanol–water partition coefficient (Wildman–Crippen LogP) is 2.44. The molecule has 6 heteroatoms. The summed E-state index contributed by atoms with van der Waals surface area (Å²) in [7, 11) is -1.82. The second-order valence-corrected chi connectivity index (χ2v) is 7.36. The summed E-state index contributed by atoms with van der Waals surface area (Å²) in [6, 6.07) is 4.86. The average molecular weight is 314 g/mol. The lowest BCUT2D eigenvalue weighted by molar-refractivity contribution is 0.454. The standard InChI is InChI=1S/C14H22N2O2S2/c1-4-5-6-9-16(3)20(17,18)12-7-8-13(14(15)19)11(2)10-12/h7-8,10H,4-6,9H2,1-3H3,(H2,15,19). The minimum Gasteiger partial charge on any atom is -0.389 e. The molecule has 0 spiro atoms. The smallest absolute Gasteiger partial charge is 0.242 e. The zero-order chi connectivity index (χ0) is 15.3. The molecule has 2 N–H and O–H groups in total. The number of nitrogens with zero attached hydrogens (tertiary/aromatic N) is 1. The Morgan fingerprint density at radius 3 is 2.50 bits per heavy atom. The van der Waals surface area contributed by atoms with E-state index in [0.717, 1.165) is 24.8 Å². The molecule has 0 saturated carbocycles. The summed E-state index contributed by atoms with van der Waals surface area (Å²) in [6.45, 7) is 4.43. The summed E-state index contributed by atoms with van der Waals surface area (Å²) >= 11 is 4.93. The molecule has 0 aliphatic rings. The van der Waals surface area contributed by atoms with E-state index in [9.17, 15) is 8.42 Å². The fourth-order valence-electron chi connectivity index (χ4n) is 1.96. The number of hydrogen-bond donors (Lipinski definition) is 1. The molecule has 0 amide bonds. The summed E-state index contributed by atoms with van der Waals surface area (Å²) in [6.07, 6.45) is 2.96. The van der Waals surface area contributed by atoms with E-state index in [1.165, 1.54) is 4.31 Å². The van der Waals surface area contributed by atoms with Crippen molar-refractivity contribution in [2.75, 3.05) is 13.6 Å². The zero-order valence-corrected chi connectivity index (χ0v) is 13.9. The van der Waals surface area contributed by atoms with Crippen molar-refractivity contribution in [3.8, 4) is 0 Å². The maximum absolute atomic E-state index is 12.4. The van der Waals surface area contributed by atoms with Gasteiger partial charge >= 0.3 is 0 Å². The van der Waals surface area contributed by atoms with Gasteiger partial charge in [-0.3, -0.25) is 0 Å². The highest BCUT2D eigenvalue weighted by Crippen LogP contribution is 2.19. The Kier molecular flexibility index (Phi) is 6.10. The van der Waals surface area contributed by atoms with Gasteiger partial charge in [-0.2, -0.15) is 0 Å². The second kappa shape index (κ2) is 7.15. The van der Waals surface area contributed by atoms with Gasteiger partial charge in [0.15, 0.2) is 0 Å². The number of sulfonamides is 1. The number of unbranched alkanes of at least 4 members (excludes halogenated alkanes) is 2. The molecule has 1 aromatic carbocycles. The molecule has 0 aromatic heterocycles. The van der Waals surface area contributed by atoms with Crippen molar-refractivity contribution in [2.24, 2.45) is 5.73 Å². The summed E-state index contributed by atoms with van der Waals surface area (Å²) in [5.41, 5.74) is 7.08. The monoisotopic (exact) mass is 314 g/mol. The van der Waals surface area contributed by atoms with E-state index in [0.29, 0.717) is 12.1 Å². The third kappa shape index (κ3) is 4.01. The van der Waals surface area contributed by atoms with Crippen LogP contribution in [0.2, 0.25) is 0 Å². The highest BCUT2D eigenvalue weighted by atomic mass is 32.2. The van der Waals surface area contributed by atoms with Crippen LogP contribution in [-0.2, 0) is 10.0 Å². The third-order valence-corrected chi connectivity index (χ3v) is 5.32. The average Bonchev–Trinajstić information content (AvgIpc) is 2.38. The summed E-state index contributed by atoms with van der Waals surface area (Å²) in [5, 5.41) is 0. The normalized spacial score (nSPS) is 11.8. The number of rotatable bonds is 7. The van der Waals surface area contributed by atoms with Crippen LogP contribution in [0.5, 0.6) is 0 Å². The van der Waals surface area contributed by atoms with E-state index >= 15 is 0 Å². The molecular formula is C14H22N2O2S2. The minimum atomic E-state index is -3.44. The van der Waals surface area contributed by atoms with Gasteiger partial charge in [0.05, 0.1) is 4.90 Å². The number of aryl methyl sites for hydroxylation is 1. The Balaban J connectivity index is 2.98. The summed E-state index contributed by atoms with van der Waals surface area (Å²) in [4.78, 5) is 0.566. The van der Waals surface area contributed by atoms with Crippen molar-refractivity contribution < 1.29 is 8.42 Å². The van der Waals surface area contributed by atoms with Gasteiger partial charge in [0, 0.05) is 19.2 Å². The summed E-state index contributed by atoms with van der Waals surface area (Å²) in [5.74, 6) is 0. The van der Waals surface area contributed by atoms with Crippen molar-refractivity contribution >= 4 is 27.2 Å². The topological polar surface area (TPSA) is 63.4 Å². The van der Waals surface area contributed by atoms with E-state index in [2.05, 4.69) is 6.92 Å². The lowest BCUT2D eigenvalue weighted by atomic mass is 10.1. The number of benzene rings is 1. The Labute approximate surface area is 127 Å². The highest BCUT2D eigenvalue weighted by molar-refractivity contribution is 7.89. The van der Waals surface area contributed by atoms with E-state index in [1.807, 2.05) is 6.92 Å². The van der Waals surface area contributed by atoms with Crippen LogP contribution in [0.4, 0.5) is 0 Å². The SMILES string of the molecule is CCCCCN(C)S(=O)(=O)c1ccc(C(N)=S)c(C)c1. The van der Waals surface area contributed by atoms with E-state index < -0.39 is 10.0 Å². The molecule has 0 atom stereocenters. The van der Waals surface area contributed by atoms with Crippen molar-refractivity contribution in [1.82, 2.24) is 4.31 Å². The quantitative estimate of drug-likeness (QED) is 0.620. The number of hydrogen-bond acceptors (Lipinski definition) is 3. The first-order valence-electron chi connectivity index (χ1n) is 6.67. The largest absolute Gasteiger partial charge is 0.389 e. The molecule has 0 aliphatic heterocycles. The molecule has 0 heterocycles. The fourth-order valence-corrected chi connectivity index (χ4v) is 3.48. The molecule has 0 fully saturated rings. The van der Waals surface area contributed by atoms with Crippen LogP contribution >= 0.6 is 12.2 Å². The molecule has 0 aliphatic carbocycles. The zero-order valence-electron chi connectivity index (χ0n) is 12.2. The fraction of sp³-hybridized carbons (Fsp3) is 0.500. The van der Waals surface area contributed by atoms with Gasteiger partial charge < -0.3 is 5.73 Å². The van der Waals surface area contributed by atoms with Gasteiger partial charge in [0.2, 0.25) is 10.0 Å². The molecule has 4 nitrogen and oxygen atoms in total. The van der Waals surface area contributed by atoms with Gasteiger partial charge in [0.25, 0.3) is 0 Å². The maximum atomic E-state index is 12.4. The van der Waals surface area contributed by atoms with E-state index in [4.69, 9.17) is 18.0 Å². The molecule has 0 radical (unpaired) electrons. The maximum Gasteiger partial charge on any atom is 0.242 e. The number of nitrogens with two attached hydrogens (primary N) is 1. The Morgan fingerprint density at radius 1 is 1.35 bits per heavy atom. The summed E-state index contributed by atoms with van der Waals surface area (Å²) < 4.78 is 26.2. The first kappa shape index (κ1) is 17.1. The van der Waals surface area contributed by atoms with Crippen molar-refractivity contribution in [3.63, 3.8) is 0 Å². The van der Waals surface area contributed by atoms with Crippen LogP contribution in [0.3, 0.4) is 0 Å². The van der Waals surface area contributed by atoms with Crippen LogP contribution < -0.4 is 5.73 Å². The van der Waals surface area contributed by atoms with Crippen molar-refractivity contribution in [2.45, 2.75) is 38.0 Å². The molecular weight excluding hydrogens is 292 g/mol. The van der Waals surface area contributed by atoms with Gasteiger partial charge in [-0.25, -0.2) is 12.7 Å². The van der Waals surface area contributed by atoms with Gasteiger partial charge in [-0.1, -0.05) is 38.0 Å². The first-order chi connectivity index (χ1) is 9.30. The van der Waals surface area contributed by atoms with Crippen LogP contribution in [0.25, 0.3) is 0 Å². The van der Waals surface area contributed by atoms with Crippen molar-refractivity contribution in [3.05, 3.63) is 29.3 Å². The van der Waals surface area contributed by atoms with Crippen LogP contribution in [0.1, 0.15) is 37.3 Å². The van der Waals surface area contributed by atoms with Crippen LogP contribution in [-0.4, -0.2) is 31.3 Å². The highest BCUT2D eigenvalue weighted by Gasteiger charge is 2.21. The Hall–Kier alpha value is -0.980. The van der Waals surface area contributed by atoms with Crippen LogP contribution in [0, 0.1) is 6.92 Å². The molecule has 0 unspecified atom stereocenters. The first-order valence-corrected chi connectivity index (χ1v) is 8.52. The van der Waals surface area contributed by atoms with Crippen molar-refractivity contribution in [1.29, 1.82) is 0 Å². The predicted molar refractivity (Wildman–Crippen MR) is 86.4 cm³/mol.